The van der Waals surface area contributed by atoms with Gasteiger partial charge in [0.05, 0.1) is 22.2 Å². The summed E-state index contributed by atoms with van der Waals surface area (Å²) >= 11 is 0. The van der Waals surface area contributed by atoms with Crippen molar-refractivity contribution in [2.24, 2.45) is 0 Å². The van der Waals surface area contributed by atoms with E-state index in [1.807, 2.05) is 24.3 Å². The average Bonchev–Trinajstić information content (AvgIpc) is 3.64. The summed E-state index contributed by atoms with van der Waals surface area (Å²) in [5.74, 6) is 0.728. The summed E-state index contributed by atoms with van der Waals surface area (Å²) in [6.45, 7) is 0. The van der Waals surface area contributed by atoms with Gasteiger partial charge in [-0.2, -0.15) is 0 Å². The SMILES string of the molecule is c1ccc(-c2nc(-c3ccccc3)c3cc(-c4ccc(-n5c6ccccc6c6c7c8ccccc8c8ccccc8c7c7ccccc7c65)cc4)ccc3n2)cc1. The van der Waals surface area contributed by atoms with E-state index in [-0.39, 0.29) is 0 Å². The van der Waals surface area contributed by atoms with Crippen LogP contribution >= 0.6 is 0 Å². The van der Waals surface area contributed by atoms with Crippen molar-refractivity contribution in [1.29, 1.82) is 0 Å². The molecule has 0 fully saturated rings. The molecule has 0 N–H and O–H groups in total. The number of para-hydroxylation sites is 1. The Morgan fingerprint density at radius 2 is 0.842 bits per heavy atom. The summed E-state index contributed by atoms with van der Waals surface area (Å²) in [6, 6.07) is 72.0. The highest BCUT2D eigenvalue weighted by Crippen LogP contribution is 2.47. The second-order valence-electron chi connectivity index (χ2n) is 14.9. The molecule has 12 rings (SSSR count). The van der Waals surface area contributed by atoms with Crippen molar-refractivity contribution in [3.8, 4) is 39.5 Å². The van der Waals surface area contributed by atoms with E-state index >= 15 is 0 Å². The minimum Gasteiger partial charge on any atom is -0.309 e. The van der Waals surface area contributed by atoms with Crippen LogP contribution in [0.1, 0.15) is 0 Å². The standard InChI is InChI=1S/C54H33N3/c1-3-15-35(16-4-1)52-46-33-37(29-32-47(46)55-54(56-52)36-17-5-2-6-18-36)34-27-30-38(31-28-34)57-48-26-14-13-25-45(48)51-50-42-22-10-8-20-40(42)39-19-7-9-21-41(39)49(50)43-23-11-12-24-44(43)53(51)57/h1-33H. The van der Waals surface area contributed by atoms with Crippen molar-refractivity contribution < 1.29 is 0 Å². The topological polar surface area (TPSA) is 30.7 Å². The first kappa shape index (κ1) is 31.7. The molecule has 57 heavy (non-hydrogen) atoms. The van der Waals surface area contributed by atoms with Crippen LogP contribution in [-0.4, -0.2) is 14.5 Å². The first-order valence-corrected chi connectivity index (χ1v) is 19.5. The van der Waals surface area contributed by atoms with E-state index in [9.17, 15) is 0 Å². The van der Waals surface area contributed by atoms with Crippen LogP contribution in [-0.2, 0) is 0 Å². The monoisotopic (exact) mass is 723 g/mol. The van der Waals surface area contributed by atoms with Gasteiger partial charge in [0.15, 0.2) is 5.82 Å². The highest BCUT2D eigenvalue weighted by Gasteiger charge is 2.22. The molecule has 0 aliphatic heterocycles. The zero-order valence-corrected chi connectivity index (χ0v) is 30.9. The third-order valence-corrected chi connectivity index (χ3v) is 11.7. The molecule has 3 nitrogen and oxygen atoms in total. The maximum Gasteiger partial charge on any atom is 0.160 e. The van der Waals surface area contributed by atoms with Crippen molar-refractivity contribution in [3.63, 3.8) is 0 Å². The minimum absolute atomic E-state index is 0.728. The van der Waals surface area contributed by atoms with Crippen molar-refractivity contribution in [1.82, 2.24) is 14.5 Å². The van der Waals surface area contributed by atoms with Gasteiger partial charge in [0.25, 0.3) is 0 Å². The second-order valence-corrected chi connectivity index (χ2v) is 14.9. The van der Waals surface area contributed by atoms with E-state index in [1.165, 1.54) is 64.9 Å². The molecule has 0 aliphatic carbocycles. The molecule has 0 atom stereocenters. The second kappa shape index (κ2) is 12.5. The number of fused-ring (bicyclic) bond motifs is 14. The van der Waals surface area contributed by atoms with Crippen LogP contribution in [0, 0.1) is 0 Å². The molecular formula is C54H33N3. The lowest BCUT2D eigenvalue weighted by Gasteiger charge is -2.16. The van der Waals surface area contributed by atoms with Crippen molar-refractivity contribution in [2.45, 2.75) is 0 Å². The zero-order valence-electron chi connectivity index (χ0n) is 30.9. The fraction of sp³-hybridized carbons (Fsp3) is 0. The lowest BCUT2D eigenvalue weighted by Crippen LogP contribution is -1.96. The van der Waals surface area contributed by atoms with Gasteiger partial charge in [-0.25, -0.2) is 9.97 Å². The number of nitrogens with zero attached hydrogens (tertiary/aromatic N) is 3. The molecule has 0 saturated carbocycles. The normalized spacial score (nSPS) is 11.9. The number of benzene rings is 10. The molecule has 2 aromatic heterocycles. The Bertz CT molecular complexity index is 3550. The van der Waals surface area contributed by atoms with Gasteiger partial charge in [-0.15, -0.1) is 0 Å². The predicted molar refractivity (Wildman–Crippen MR) is 240 cm³/mol. The van der Waals surface area contributed by atoms with E-state index in [1.54, 1.807) is 0 Å². The summed E-state index contributed by atoms with van der Waals surface area (Å²) < 4.78 is 2.48. The molecule has 0 bridgehead atoms. The van der Waals surface area contributed by atoms with Gasteiger partial charge in [0.2, 0.25) is 0 Å². The van der Waals surface area contributed by atoms with Gasteiger partial charge < -0.3 is 4.57 Å². The third kappa shape index (κ3) is 4.79. The van der Waals surface area contributed by atoms with Crippen LogP contribution in [0.25, 0.3) is 115 Å². The molecule has 0 radical (unpaired) electrons. The largest absolute Gasteiger partial charge is 0.309 e. The van der Waals surface area contributed by atoms with Crippen LogP contribution in [0.15, 0.2) is 200 Å². The first-order chi connectivity index (χ1) is 28.3. The minimum atomic E-state index is 0.728. The molecule has 264 valence electrons. The Hall–Kier alpha value is -7.62. The summed E-state index contributed by atoms with van der Waals surface area (Å²) in [5, 5.41) is 13.9. The van der Waals surface area contributed by atoms with E-state index < -0.39 is 0 Å². The average molecular weight is 724 g/mol. The fourth-order valence-corrected chi connectivity index (χ4v) is 9.25. The molecular weight excluding hydrogens is 691 g/mol. The molecule has 0 amide bonds. The Morgan fingerprint density at radius 3 is 1.53 bits per heavy atom. The molecule has 0 aliphatic rings. The van der Waals surface area contributed by atoms with Gasteiger partial charge in [0.1, 0.15) is 0 Å². The molecule has 10 aromatic carbocycles. The smallest absolute Gasteiger partial charge is 0.160 e. The van der Waals surface area contributed by atoms with Crippen LogP contribution in [0.5, 0.6) is 0 Å². The van der Waals surface area contributed by atoms with E-state index in [0.29, 0.717) is 0 Å². The van der Waals surface area contributed by atoms with Crippen molar-refractivity contribution >= 4 is 75.8 Å². The van der Waals surface area contributed by atoms with E-state index in [0.717, 1.165) is 50.4 Å². The predicted octanol–water partition coefficient (Wildman–Crippen LogP) is 14.3. The molecule has 2 heterocycles. The molecule has 0 unspecified atom stereocenters. The number of aromatic nitrogens is 3. The van der Waals surface area contributed by atoms with Crippen molar-refractivity contribution in [3.05, 3.63) is 200 Å². The molecule has 0 spiro atoms. The zero-order chi connectivity index (χ0) is 37.5. The van der Waals surface area contributed by atoms with Crippen molar-refractivity contribution in [2.75, 3.05) is 0 Å². The highest BCUT2D eigenvalue weighted by molar-refractivity contribution is 6.42. The van der Waals surface area contributed by atoms with Gasteiger partial charge in [0, 0.05) is 43.7 Å². The van der Waals surface area contributed by atoms with Crippen LogP contribution in [0.2, 0.25) is 0 Å². The lowest BCUT2D eigenvalue weighted by atomic mass is 9.88. The summed E-state index contributed by atoms with van der Waals surface area (Å²) in [4.78, 5) is 10.2. The first-order valence-electron chi connectivity index (χ1n) is 19.5. The Morgan fingerprint density at radius 1 is 0.316 bits per heavy atom. The van der Waals surface area contributed by atoms with E-state index in [2.05, 4.69) is 180 Å². The quantitative estimate of drug-likeness (QED) is 0.169. The third-order valence-electron chi connectivity index (χ3n) is 11.7. The van der Waals surface area contributed by atoms with Crippen LogP contribution in [0.4, 0.5) is 0 Å². The van der Waals surface area contributed by atoms with Gasteiger partial charge in [-0.1, -0.05) is 170 Å². The maximum atomic E-state index is 5.15. The molecule has 3 heteroatoms. The highest BCUT2D eigenvalue weighted by atomic mass is 15.0. The molecule has 0 saturated heterocycles. The maximum absolute atomic E-state index is 5.15. The Labute approximate surface area is 328 Å². The molecule has 12 aromatic rings. The van der Waals surface area contributed by atoms with Gasteiger partial charge in [-0.05, 0) is 73.8 Å². The summed E-state index contributed by atoms with van der Waals surface area (Å²) in [5.41, 5.74) is 9.75. The lowest BCUT2D eigenvalue weighted by molar-refractivity contribution is 1.19. The number of rotatable bonds is 4. The number of hydrogen-bond donors (Lipinski definition) is 0. The Kier molecular flexibility index (Phi) is 6.93. The Balaban J connectivity index is 1.09. The summed E-state index contributed by atoms with van der Waals surface area (Å²) in [7, 11) is 0. The van der Waals surface area contributed by atoms with Gasteiger partial charge >= 0.3 is 0 Å². The number of hydrogen-bond acceptors (Lipinski definition) is 2. The fourth-order valence-electron chi connectivity index (χ4n) is 9.25. The van der Waals surface area contributed by atoms with Crippen LogP contribution in [0.3, 0.4) is 0 Å². The van der Waals surface area contributed by atoms with E-state index in [4.69, 9.17) is 9.97 Å². The van der Waals surface area contributed by atoms with Crippen LogP contribution < -0.4 is 0 Å². The van der Waals surface area contributed by atoms with Gasteiger partial charge in [-0.3, -0.25) is 0 Å². The summed E-state index contributed by atoms with van der Waals surface area (Å²) in [6.07, 6.45) is 0.